The number of thioether (sulfide) groups is 4. The van der Waals surface area contributed by atoms with Gasteiger partial charge in [-0.25, -0.2) is 0 Å². The zero-order chi connectivity index (χ0) is 11.4. The van der Waals surface area contributed by atoms with Gasteiger partial charge in [0.15, 0.2) is 0 Å². The molecule has 1 nitrogen and oxygen atoms in total. The molecule has 0 bridgehead atoms. The van der Waals surface area contributed by atoms with E-state index in [4.69, 9.17) is 0 Å². The van der Waals surface area contributed by atoms with Crippen LogP contribution >= 0.6 is 47.0 Å². The van der Waals surface area contributed by atoms with Gasteiger partial charge in [-0.05, 0) is 30.7 Å². The molecule has 0 atom stereocenters. The van der Waals surface area contributed by atoms with Crippen LogP contribution in [0.3, 0.4) is 0 Å². The highest BCUT2D eigenvalue weighted by Gasteiger charge is 2.19. The Labute approximate surface area is 113 Å². The number of rotatable bonds is 3. The summed E-state index contributed by atoms with van der Waals surface area (Å²) >= 11 is 7.33. The normalized spacial score (nSPS) is 15.8. The van der Waals surface area contributed by atoms with E-state index >= 15 is 0 Å². The Morgan fingerprint density at radius 3 is 2.31 bits per heavy atom. The van der Waals surface area contributed by atoms with Crippen LogP contribution < -0.4 is 0 Å². The fraction of sp³-hybridized carbons (Fsp3) is 0.182. The summed E-state index contributed by atoms with van der Waals surface area (Å²) in [7, 11) is 0. The van der Waals surface area contributed by atoms with Crippen LogP contribution in [0.1, 0.15) is 5.69 Å². The van der Waals surface area contributed by atoms with Gasteiger partial charge in [0.05, 0.1) is 18.4 Å². The van der Waals surface area contributed by atoms with E-state index in [1.165, 1.54) is 12.7 Å². The predicted octanol–water partition coefficient (Wildman–Crippen LogP) is 4.71. The molecule has 0 saturated heterocycles. The molecule has 0 unspecified atom stereocenters. The Hall–Kier alpha value is 0.0300. The van der Waals surface area contributed by atoms with Crippen molar-refractivity contribution in [2.75, 3.05) is 12.5 Å². The molecule has 16 heavy (non-hydrogen) atoms. The van der Waals surface area contributed by atoms with Crippen LogP contribution in [0.15, 0.2) is 37.1 Å². The summed E-state index contributed by atoms with van der Waals surface area (Å²) in [5.74, 6) is 0. The summed E-state index contributed by atoms with van der Waals surface area (Å²) in [5.41, 5.74) is 1.03. The van der Waals surface area contributed by atoms with E-state index in [2.05, 4.69) is 23.6 Å². The Balaban J connectivity index is 2.14. The predicted molar refractivity (Wildman–Crippen MR) is 81.5 cm³/mol. The van der Waals surface area contributed by atoms with Gasteiger partial charge in [0, 0.05) is 6.20 Å². The number of nitrogens with zero attached hydrogens (tertiary/aromatic N) is 1. The first-order valence-electron chi connectivity index (χ1n) is 4.64. The van der Waals surface area contributed by atoms with Crippen molar-refractivity contribution in [3.63, 3.8) is 0 Å². The van der Waals surface area contributed by atoms with Crippen LogP contribution in [0.5, 0.6) is 0 Å². The van der Waals surface area contributed by atoms with E-state index in [1.807, 2.05) is 71.4 Å². The van der Waals surface area contributed by atoms with Crippen molar-refractivity contribution in [2.45, 2.75) is 0 Å². The molecule has 2 rings (SSSR count). The molecule has 0 saturated carbocycles. The van der Waals surface area contributed by atoms with E-state index in [-0.39, 0.29) is 0 Å². The Bertz CT molecular complexity index is 407. The summed E-state index contributed by atoms with van der Waals surface area (Å²) in [6.07, 6.45) is 8.23. The third kappa shape index (κ3) is 3.03. The van der Waals surface area contributed by atoms with Gasteiger partial charge in [-0.15, -0.1) is 23.5 Å². The molecule has 1 aromatic heterocycles. The van der Waals surface area contributed by atoms with E-state index < -0.39 is 0 Å². The number of hydrogen-bond acceptors (Lipinski definition) is 5. The number of aromatic nitrogens is 1. The van der Waals surface area contributed by atoms with Gasteiger partial charge in [0.1, 0.15) is 0 Å². The van der Waals surface area contributed by atoms with Crippen molar-refractivity contribution < 1.29 is 0 Å². The van der Waals surface area contributed by atoms with Crippen molar-refractivity contribution in [3.8, 4) is 0 Å². The van der Waals surface area contributed by atoms with Crippen molar-refractivity contribution in [2.24, 2.45) is 0 Å². The molecule has 84 valence electrons. The third-order valence-electron chi connectivity index (χ3n) is 1.88. The van der Waals surface area contributed by atoms with Crippen LogP contribution in [0, 0.1) is 0 Å². The first-order valence-corrected chi connectivity index (χ1v) is 8.72. The second-order valence-electron chi connectivity index (χ2n) is 2.91. The smallest absolute Gasteiger partial charge is 0.0657 e. The molecule has 0 amide bonds. The molecular formula is C11H11NS4. The fourth-order valence-electron chi connectivity index (χ4n) is 1.18. The van der Waals surface area contributed by atoms with E-state index in [0.29, 0.717) is 0 Å². The van der Waals surface area contributed by atoms with Gasteiger partial charge in [-0.1, -0.05) is 29.6 Å². The Morgan fingerprint density at radius 2 is 1.81 bits per heavy atom. The maximum absolute atomic E-state index is 4.31. The average Bonchev–Trinajstić information content (AvgIpc) is 2.72. The standard InChI is InChI=1S/C11H11NS4/c1-13-10-11(14-2)16-9(15-10)7-8-5-3-4-6-12-8/h3-7H,1-2H3. The number of hydrogen-bond donors (Lipinski definition) is 0. The molecule has 0 spiro atoms. The van der Waals surface area contributed by atoms with E-state index in [9.17, 15) is 0 Å². The first-order chi connectivity index (χ1) is 7.83. The molecule has 0 aliphatic carbocycles. The largest absolute Gasteiger partial charge is 0.257 e. The zero-order valence-corrected chi connectivity index (χ0v) is 12.2. The highest BCUT2D eigenvalue weighted by Crippen LogP contribution is 2.56. The molecule has 0 aromatic carbocycles. The quantitative estimate of drug-likeness (QED) is 0.795. The molecule has 1 aliphatic heterocycles. The van der Waals surface area contributed by atoms with Crippen molar-refractivity contribution in [1.82, 2.24) is 4.98 Å². The van der Waals surface area contributed by atoms with E-state index in [0.717, 1.165) is 5.69 Å². The number of pyridine rings is 1. The van der Waals surface area contributed by atoms with Crippen LogP contribution in [0.25, 0.3) is 6.08 Å². The summed E-state index contributed by atoms with van der Waals surface area (Å²) < 4.78 is 4.12. The van der Waals surface area contributed by atoms with Gasteiger partial charge in [0.2, 0.25) is 0 Å². The highest BCUT2D eigenvalue weighted by atomic mass is 32.3. The minimum absolute atomic E-state index is 1.03. The lowest BCUT2D eigenvalue weighted by Crippen LogP contribution is -1.76. The van der Waals surface area contributed by atoms with Crippen LogP contribution in [0.2, 0.25) is 0 Å². The summed E-state index contributed by atoms with van der Waals surface area (Å²) in [6.45, 7) is 0. The molecule has 1 aliphatic rings. The van der Waals surface area contributed by atoms with Crippen molar-refractivity contribution in [1.29, 1.82) is 0 Å². The molecule has 0 N–H and O–H groups in total. The van der Waals surface area contributed by atoms with Gasteiger partial charge >= 0.3 is 0 Å². The topological polar surface area (TPSA) is 12.9 Å². The van der Waals surface area contributed by atoms with Crippen LogP contribution in [-0.4, -0.2) is 17.5 Å². The second-order valence-corrected chi connectivity index (χ2v) is 7.42. The molecule has 5 heteroatoms. The Kier molecular flexibility index (Phi) is 4.76. The molecule has 0 radical (unpaired) electrons. The third-order valence-corrected chi connectivity index (χ3v) is 6.96. The minimum atomic E-state index is 1.03. The average molecular weight is 285 g/mol. The summed E-state index contributed by atoms with van der Waals surface area (Å²) in [5, 5.41) is 0. The van der Waals surface area contributed by atoms with E-state index in [1.54, 1.807) is 0 Å². The lowest BCUT2D eigenvalue weighted by molar-refractivity contribution is 1.30. The fourth-order valence-corrected chi connectivity index (χ4v) is 6.09. The van der Waals surface area contributed by atoms with Gasteiger partial charge in [-0.3, -0.25) is 4.98 Å². The highest BCUT2D eigenvalue weighted by molar-refractivity contribution is 8.40. The first kappa shape index (κ1) is 12.5. The van der Waals surface area contributed by atoms with Gasteiger partial charge in [-0.2, -0.15) is 0 Å². The monoisotopic (exact) mass is 285 g/mol. The maximum Gasteiger partial charge on any atom is 0.0657 e. The van der Waals surface area contributed by atoms with Crippen LogP contribution in [0.4, 0.5) is 0 Å². The lowest BCUT2D eigenvalue weighted by Gasteiger charge is -1.95. The van der Waals surface area contributed by atoms with Crippen molar-refractivity contribution >= 4 is 53.1 Å². The summed E-state index contributed by atoms with van der Waals surface area (Å²) in [6, 6.07) is 5.99. The minimum Gasteiger partial charge on any atom is -0.257 e. The molecule has 2 heterocycles. The SMILES string of the molecule is CSC1=C(SC)SC(=Cc2ccccn2)S1. The van der Waals surface area contributed by atoms with Gasteiger partial charge < -0.3 is 0 Å². The maximum atomic E-state index is 4.31. The molecule has 0 fully saturated rings. The summed E-state index contributed by atoms with van der Waals surface area (Å²) in [4.78, 5) is 4.31. The molecule has 1 aromatic rings. The van der Waals surface area contributed by atoms with Crippen LogP contribution in [-0.2, 0) is 0 Å². The van der Waals surface area contributed by atoms with Crippen molar-refractivity contribution in [3.05, 3.63) is 42.8 Å². The second kappa shape index (κ2) is 6.10. The van der Waals surface area contributed by atoms with Gasteiger partial charge in [0.25, 0.3) is 0 Å². The lowest BCUT2D eigenvalue weighted by atomic mass is 10.3. The molecular weight excluding hydrogens is 274 g/mol. The zero-order valence-electron chi connectivity index (χ0n) is 8.97. The Morgan fingerprint density at radius 1 is 1.12 bits per heavy atom.